The second-order valence-corrected chi connectivity index (χ2v) is 6.52. The Morgan fingerprint density at radius 1 is 0.742 bits per heavy atom. The van der Waals surface area contributed by atoms with Crippen LogP contribution in [-0.4, -0.2) is 71.2 Å². The van der Waals surface area contributed by atoms with E-state index in [1.807, 2.05) is 5.32 Å². The van der Waals surface area contributed by atoms with Gasteiger partial charge in [-0.05, 0) is 12.8 Å². The minimum Gasteiger partial charge on any atom is -0.480 e. The zero-order valence-corrected chi connectivity index (χ0v) is 16.6. The first-order valence-corrected chi connectivity index (χ1v) is 9.04. The van der Waals surface area contributed by atoms with E-state index in [1.165, 1.54) is 0 Å². The van der Waals surface area contributed by atoms with Crippen molar-refractivity contribution in [2.45, 2.75) is 50.2 Å². The SMILES string of the molecule is NC(=O)CCC(N)C(=O)NCC(=O)NC(CCC(N)=O)C(=O)NC(CC(N)=O)C(=O)O. The molecule has 0 aliphatic carbocycles. The zero-order chi connectivity index (χ0) is 24.1. The molecule has 3 atom stereocenters. The number of nitrogens with two attached hydrogens (primary N) is 4. The van der Waals surface area contributed by atoms with Crippen molar-refractivity contribution < 1.29 is 38.7 Å². The van der Waals surface area contributed by atoms with E-state index in [9.17, 15) is 33.6 Å². The second-order valence-electron chi connectivity index (χ2n) is 6.52. The Bertz CT molecular complexity index is 727. The third-order valence-electron chi connectivity index (χ3n) is 3.81. The largest absolute Gasteiger partial charge is 0.480 e. The lowest BCUT2D eigenvalue weighted by Gasteiger charge is -2.21. The zero-order valence-electron chi connectivity index (χ0n) is 16.6. The van der Waals surface area contributed by atoms with Gasteiger partial charge in [-0.1, -0.05) is 0 Å². The summed E-state index contributed by atoms with van der Waals surface area (Å²) in [5, 5.41) is 15.5. The molecule has 0 spiro atoms. The van der Waals surface area contributed by atoms with E-state index in [2.05, 4.69) is 10.6 Å². The van der Waals surface area contributed by atoms with Crippen molar-refractivity contribution in [3.63, 3.8) is 0 Å². The minimum absolute atomic E-state index is 0.0388. The lowest BCUT2D eigenvalue weighted by atomic mass is 10.1. The molecule has 0 bridgehead atoms. The van der Waals surface area contributed by atoms with Crippen LogP contribution >= 0.6 is 0 Å². The van der Waals surface area contributed by atoms with Crippen molar-refractivity contribution >= 4 is 41.4 Å². The number of carbonyl (C=O) groups excluding carboxylic acids is 6. The Morgan fingerprint density at radius 3 is 1.77 bits per heavy atom. The number of aliphatic carboxylic acids is 1. The van der Waals surface area contributed by atoms with Gasteiger partial charge in [-0.2, -0.15) is 0 Å². The van der Waals surface area contributed by atoms with E-state index in [-0.39, 0.29) is 25.7 Å². The fourth-order valence-corrected chi connectivity index (χ4v) is 2.20. The maximum absolute atomic E-state index is 12.3. The molecule has 0 radical (unpaired) electrons. The number of nitrogens with one attached hydrogen (secondary N) is 3. The van der Waals surface area contributed by atoms with Crippen molar-refractivity contribution in [1.29, 1.82) is 0 Å². The lowest BCUT2D eigenvalue weighted by molar-refractivity contribution is -0.143. The van der Waals surface area contributed by atoms with Crippen molar-refractivity contribution in [2.75, 3.05) is 6.54 Å². The molecule has 0 fully saturated rings. The third kappa shape index (κ3) is 12.4. The Balaban J connectivity index is 4.95. The summed E-state index contributed by atoms with van der Waals surface area (Å²) in [6, 6.07) is -4.14. The van der Waals surface area contributed by atoms with Crippen molar-refractivity contribution in [2.24, 2.45) is 22.9 Å². The Kier molecular flexibility index (Phi) is 11.8. The van der Waals surface area contributed by atoms with Gasteiger partial charge in [0.25, 0.3) is 0 Å². The molecule has 0 saturated heterocycles. The van der Waals surface area contributed by atoms with Gasteiger partial charge in [-0.3, -0.25) is 28.8 Å². The Labute approximate surface area is 176 Å². The van der Waals surface area contributed by atoms with Gasteiger partial charge < -0.3 is 44.0 Å². The smallest absolute Gasteiger partial charge is 0.326 e. The molecule has 0 aromatic heterocycles. The number of hydrogen-bond acceptors (Lipinski definition) is 8. The van der Waals surface area contributed by atoms with Gasteiger partial charge >= 0.3 is 5.97 Å². The fraction of sp³-hybridized carbons (Fsp3) is 0.562. The summed E-state index contributed by atoms with van der Waals surface area (Å²) in [5.74, 6) is -6.57. The Hall–Kier alpha value is -3.75. The van der Waals surface area contributed by atoms with Gasteiger partial charge in [-0.25, -0.2) is 4.79 Å². The molecule has 0 aromatic rings. The first-order valence-electron chi connectivity index (χ1n) is 9.04. The van der Waals surface area contributed by atoms with Crippen LogP contribution in [0.5, 0.6) is 0 Å². The number of rotatable bonds is 15. The molecule has 0 aliphatic rings. The highest BCUT2D eigenvalue weighted by Gasteiger charge is 2.28. The number of carbonyl (C=O) groups is 7. The Morgan fingerprint density at radius 2 is 1.29 bits per heavy atom. The monoisotopic (exact) mass is 445 g/mol. The van der Waals surface area contributed by atoms with Crippen LogP contribution in [0.3, 0.4) is 0 Å². The summed E-state index contributed by atoms with van der Waals surface area (Å²) < 4.78 is 0. The minimum atomic E-state index is -1.65. The van der Waals surface area contributed by atoms with Crippen LogP contribution < -0.4 is 38.9 Å². The predicted molar refractivity (Wildman–Crippen MR) is 103 cm³/mol. The standard InChI is InChI=1S/C16H27N7O8/c17-7(1-3-10(18)24)14(28)21-6-13(27)22-8(2-4-11(19)25)15(29)23-9(16(30)31)5-12(20)26/h7-9H,1-6,17H2,(H2,18,24)(H2,19,25)(H2,20,26)(H,21,28)(H,22,27)(H,23,29)(H,30,31). The molecular weight excluding hydrogens is 418 g/mol. The van der Waals surface area contributed by atoms with Crippen molar-refractivity contribution in [3.8, 4) is 0 Å². The summed E-state index contributed by atoms with van der Waals surface area (Å²) in [5.41, 5.74) is 20.5. The maximum Gasteiger partial charge on any atom is 0.326 e. The molecule has 0 aromatic carbocycles. The van der Waals surface area contributed by atoms with Gasteiger partial charge in [0.1, 0.15) is 12.1 Å². The molecule has 12 N–H and O–H groups in total. The topological polar surface area (TPSA) is 280 Å². The third-order valence-corrected chi connectivity index (χ3v) is 3.81. The van der Waals surface area contributed by atoms with Gasteiger partial charge in [0, 0.05) is 12.8 Å². The molecule has 3 unspecified atom stereocenters. The molecule has 0 rings (SSSR count). The van der Waals surface area contributed by atoms with E-state index >= 15 is 0 Å². The normalized spacial score (nSPS) is 13.2. The van der Waals surface area contributed by atoms with Crippen LogP contribution in [0.25, 0.3) is 0 Å². The number of amides is 6. The van der Waals surface area contributed by atoms with Gasteiger partial charge in [-0.15, -0.1) is 0 Å². The average molecular weight is 445 g/mol. The van der Waals surface area contributed by atoms with Crippen molar-refractivity contribution in [1.82, 2.24) is 16.0 Å². The van der Waals surface area contributed by atoms with Gasteiger partial charge in [0.2, 0.25) is 35.4 Å². The molecule has 31 heavy (non-hydrogen) atoms. The van der Waals surface area contributed by atoms with Crippen LogP contribution in [0.15, 0.2) is 0 Å². The molecule has 15 heteroatoms. The molecule has 0 saturated carbocycles. The van der Waals surface area contributed by atoms with Crippen LogP contribution in [0.1, 0.15) is 32.1 Å². The first-order chi connectivity index (χ1) is 14.3. The van der Waals surface area contributed by atoms with E-state index in [1.54, 1.807) is 0 Å². The highest BCUT2D eigenvalue weighted by molar-refractivity contribution is 5.94. The number of carboxylic acids is 1. The van der Waals surface area contributed by atoms with Crippen LogP contribution in [0, 0.1) is 0 Å². The van der Waals surface area contributed by atoms with Gasteiger partial charge in [0.15, 0.2) is 0 Å². The molecule has 0 heterocycles. The highest BCUT2D eigenvalue weighted by atomic mass is 16.4. The quantitative estimate of drug-likeness (QED) is 0.119. The van der Waals surface area contributed by atoms with Gasteiger partial charge in [0.05, 0.1) is 19.0 Å². The van der Waals surface area contributed by atoms with Crippen molar-refractivity contribution in [3.05, 3.63) is 0 Å². The second kappa shape index (κ2) is 13.5. The average Bonchev–Trinajstić information content (AvgIpc) is 2.65. The van der Waals surface area contributed by atoms with E-state index < -0.39 is 72.5 Å². The number of carboxylic acid groups (broad SMARTS) is 1. The maximum atomic E-state index is 12.3. The van der Waals surface area contributed by atoms with Crippen LogP contribution in [0.4, 0.5) is 0 Å². The molecule has 174 valence electrons. The van der Waals surface area contributed by atoms with E-state index in [0.29, 0.717) is 0 Å². The lowest BCUT2D eigenvalue weighted by Crippen LogP contribution is -2.54. The molecule has 15 nitrogen and oxygen atoms in total. The van der Waals surface area contributed by atoms with E-state index in [0.717, 1.165) is 0 Å². The molecule has 6 amide bonds. The van der Waals surface area contributed by atoms with Crippen LogP contribution in [-0.2, 0) is 33.6 Å². The molecular formula is C16H27N7O8. The predicted octanol–water partition coefficient (Wildman–Crippen LogP) is -5.11. The highest BCUT2D eigenvalue weighted by Crippen LogP contribution is 2.01. The van der Waals surface area contributed by atoms with E-state index in [4.69, 9.17) is 28.0 Å². The van der Waals surface area contributed by atoms with Crippen LogP contribution in [0.2, 0.25) is 0 Å². The summed E-state index contributed by atoms with van der Waals surface area (Å²) in [4.78, 5) is 80.0. The summed E-state index contributed by atoms with van der Waals surface area (Å²) in [6.07, 6.45) is -1.47. The number of primary amides is 3. The summed E-state index contributed by atoms with van der Waals surface area (Å²) in [6.45, 7) is -0.604. The summed E-state index contributed by atoms with van der Waals surface area (Å²) >= 11 is 0. The molecule has 0 aliphatic heterocycles. The fourth-order valence-electron chi connectivity index (χ4n) is 2.20. The first kappa shape index (κ1) is 27.2. The number of hydrogen-bond donors (Lipinski definition) is 8. The summed E-state index contributed by atoms with van der Waals surface area (Å²) in [7, 11) is 0.